The van der Waals surface area contributed by atoms with Crippen molar-refractivity contribution in [1.29, 1.82) is 0 Å². The van der Waals surface area contributed by atoms with Crippen LogP contribution in [-0.4, -0.2) is 48.0 Å². The maximum Gasteiger partial charge on any atom is 0.166 e. The molecule has 2 aromatic heterocycles. The average molecular weight is 371 g/mol. The van der Waals surface area contributed by atoms with Gasteiger partial charge in [-0.1, -0.05) is 29.7 Å². The molecule has 26 heavy (non-hydrogen) atoms. The molecule has 1 saturated heterocycles. The number of rotatable bonds is 1. The van der Waals surface area contributed by atoms with E-state index in [1.54, 1.807) is 17.6 Å². The molecular formula is C18H15ClN4O3. The number of aliphatic hydroxyl groups excluding tert-OH is 2. The lowest BCUT2D eigenvalue weighted by Gasteiger charge is -2.16. The van der Waals surface area contributed by atoms with E-state index in [-0.39, 0.29) is 0 Å². The molecule has 0 saturated carbocycles. The fourth-order valence-electron chi connectivity index (χ4n) is 2.88. The predicted molar refractivity (Wildman–Crippen MR) is 94.4 cm³/mol. The lowest BCUT2D eigenvalue weighted by molar-refractivity contribution is -0.0299. The summed E-state index contributed by atoms with van der Waals surface area (Å²) in [6.45, 7) is 1.70. The number of imidazole rings is 1. The molecule has 0 amide bonds. The Kier molecular flexibility index (Phi) is 4.34. The third kappa shape index (κ3) is 2.83. The number of fused-ring (bicyclic) bond motifs is 1. The SMILES string of the molecule is C[C@H]1O[C@@H](n2cnc3c(C#Cc4ccccc4Cl)ncnc32)[C@H](O)[C@@H]1O. The van der Waals surface area contributed by atoms with Crippen LogP contribution >= 0.6 is 11.6 Å². The first kappa shape index (κ1) is 16.9. The molecule has 1 aromatic carbocycles. The Balaban J connectivity index is 1.74. The van der Waals surface area contributed by atoms with Gasteiger partial charge in [0.1, 0.15) is 29.7 Å². The van der Waals surface area contributed by atoms with Gasteiger partial charge in [0.2, 0.25) is 0 Å². The van der Waals surface area contributed by atoms with Crippen LogP contribution in [0, 0.1) is 11.8 Å². The van der Waals surface area contributed by atoms with E-state index in [2.05, 4.69) is 26.8 Å². The molecule has 0 radical (unpaired) electrons. The minimum Gasteiger partial charge on any atom is -0.388 e. The summed E-state index contributed by atoms with van der Waals surface area (Å²) in [5, 5.41) is 20.7. The quantitative estimate of drug-likeness (QED) is 0.631. The lowest BCUT2D eigenvalue weighted by Crippen LogP contribution is -2.30. The molecule has 3 heterocycles. The van der Waals surface area contributed by atoms with E-state index < -0.39 is 24.5 Å². The van der Waals surface area contributed by atoms with Crippen LogP contribution in [0.2, 0.25) is 5.02 Å². The number of halogens is 1. The zero-order valence-electron chi connectivity index (χ0n) is 13.7. The Bertz CT molecular complexity index is 1030. The van der Waals surface area contributed by atoms with Gasteiger partial charge >= 0.3 is 0 Å². The summed E-state index contributed by atoms with van der Waals surface area (Å²) in [6.07, 6.45) is -0.441. The molecule has 1 fully saturated rings. The summed E-state index contributed by atoms with van der Waals surface area (Å²) < 4.78 is 7.21. The van der Waals surface area contributed by atoms with Gasteiger partial charge in [-0.05, 0) is 25.0 Å². The molecule has 4 rings (SSSR count). The number of hydrogen-bond acceptors (Lipinski definition) is 6. The van der Waals surface area contributed by atoms with E-state index in [0.29, 0.717) is 27.4 Å². The molecule has 132 valence electrons. The van der Waals surface area contributed by atoms with Crippen molar-refractivity contribution >= 4 is 22.8 Å². The van der Waals surface area contributed by atoms with E-state index in [1.807, 2.05) is 18.2 Å². The van der Waals surface area contributed by atoms with E-state index in [9.17, 15) is 10.2 Å². The van der Waals surface area contributed by atoms with Crippen molar-refractivity contribution < 1.29 is 14.9 Å². The first-order chi connectivity index (χ1) is 12.6. The normalized spacial score (nSPS) is 25.2. The minimum absolute atomic E-state index is 0.440. The van der Waals surface area contributed by atoms with Gasteiger partial charge in [0.05, 0.1) is 17.5 Å². The largest absolute Gasteiger partial charge is 0.388 e. The Labute approximate surface area is 154 Å². The van der Waals surface area contributed by atoms with Crippen LogP contribution in [0.3, 0.4) is 0 Å². The number of aliphatic hydroxyl groups is 2. The van der Waals surface area contributed by atoms with Gasteiger partial charge < -0.3 is 14.9 Å². The second kappa shape index (κ2) is 6.67. The summed E-state index contributed by atoms with van der Waals surface area (Å²) in [5.41, 5.74) is 2.08. The Morgan fingerprint density at radius 1 is 1.12 bits per heavy atom. The second-order valence-corrected chi connectivity index (χ2v) is 6.40. The van der Waals surface area contributed by atoms with Gasteiger partial charge in [-0.3, -0.25) is 4.57 Å². The number of ether oxygens (including phenoxy) is 1. The van der Waals surface area contributed by atoms with Gasteiger partial charge in [0.25, 0.3) is 0 Å². The van der Waals surface area contributed by atoms with E-state index >= 15 is 0 Å². The molecule has 0 unspecified atom stereocenters. The molecule has 1 aliphatic rings. The van der Waals surface area contributed by atoms with Gasteiger partial charge in [-0.25, -0.2) is 15.0 Å². The van der Waals surface area contributed by atoms with Gasteiger partial charge in [0.15, 0.2) is 11.9 Å². The molecule has 0 bridgehead atoms. The van der Waals surface area contributed by atoms with Crippen molar-refractivity contribution in [2.45, 2.75) is 31.5 Å². The first-order valence-corrected chi connectivity index (χ1v) is 8.39. The highest BCUT2D eigenvalue weighted by atomic mass is 35.5. The molecule has 3 aromatic rings. The lowest BCUT2D eigenvalue weighted by atomic mass is 10.1. The fourth-order valence-corrected chi connectivity index (χ4v) is 3.06. The summed E-state index contributed by atoms with van der Waals surface area (Å²) in [4.78, 5) is 12.7. The fraction of sp³-hybridized carbons (Fsp3) is 0.278. The summed E-state index contributed by atoms with van der Waals surface area (Å²) in [5.74, 6) is 5.94. The molecular weight excluding hydrogens is 356 g/mol. The smallest absolute Gasteiger partial charge is 0.166 e. The van der Waals surface area contributed by atoms with Crippen molar-refractivity contribution in [1.82, 2.24) is 19.5 Å². The van der Waals surface area contributed by atoms with Crippen LogP contribution in [0.25, 0.3) is 11.2 Å². The summed E-state index contributed by atoms with van der Waals surface area (Å²) in [7, 11) is 0. The van der Waals surface area contributed by atoms with E-state index in [4.69, 9.17) is 16.3 Å². The van der Waals surface area contributed by atoms with Gasteiger partial charge in [-0.15, -0.1) is 0 Å². The van der Waals surface area contributed by atoms with Crippen LogP contribution < -0.4 is 0 Å². The van der Waals surface area contributed by atoms with Crippen molar-refractivity contribution in [3.63, 3.8) is 0 Å². The van der Waals surface area contributed by atoms with Crippen molar-refractivity contribution in [2.24, 2.45) is 0 Å². The molecule has 4 atom stereocenters. The summed E-state index contributed by atoms with van der Waals surface area (Å²) in [6, 6.07) is 7.27. The van der Waals surface area contributed by atoms with E-state index in [1.165, 1.54) is 12.7 Å². The Hall–Kier alpha value is -2.50. The molecule has 1 aliphatic heterocycles. The monoisotopic (exact) mass is 370 g/mol. The van der Waals surface area contributed by atoms with Crippen LogP contribution in [0.4, 0.5) is 0 Å². The number of nitrogens with zero attached hydrogens (tertiary/aromatic N) is 4. The van der Waals surface area contributed by atoms with E-state index in [0.717, 1.165) is 0 Å². The highest BCUT2D eigenvalue weighted by Gasteiger charge is 2.42. The molecule has 0 aliphatic carbocycles. The second-order valence-electron chi connectivity index (χ2n) is 5.99. The predicted octanol–water partition coefficient (Wildman–Crippen LogP) is 1.52. The molecule has 0 spiro atoms. The zero-order valence-corrected chi connectivity index (χ0v) is 14.5. The van der Waals surface area contributed by atoms with Crippen LogP contribution in [-0.2, 0) is 4.74 Å². The van der Waals surface area contributed by atoms with Crippen LogP contribution in [0.15, 0.2) is 36.9 Å². The standard InChI is InChI=1S/C18H15ClN4O3/c1-10-15(24)16(25)18(26-10)23-9-22-14-13(20-8-21-17(14)23)7-6-11-4-2-3-5-12(11)19/h2-5,8-10,15-16,18,24-25H,1H3/t10-,15-,16-,18-/m1/s1. The maximum atomic E-state index is 10.2. The number of hydrogen-bond donors (Lipinski definition) is 2. The molecule has 2 N–H and O–H groups in total. The molecule has 7 nitrogen and oxygen atoms in total. The topological polar surface area (TPSA) is 93.3 Å². The minimum atomic E-state index is -1.07. The molecule has 8 heteroatoms. The average Bonchev–Trinajstić information content (AvgIpc) is 3.18. The third-order valence-corrected chi connectivity index (χ3v) is 4.63. The van der Waals surface area contributed by atoms with Crippen molar-refractivity contribution in [2.75, 3.05) is 0 Å². The van der Waals surface area contributed by atoms with Crippen molar-refractivity contribution in [3.05, 3.63) is 53.2 Å². The highest BCUT2D eigenvalue weighted by Crippen LogP contribution is 2.31. The zero-order chi connectivity index (χ0) is 18.3. The van der Waals surface area contributed by atoms with Crippen LogP contribution in [0.1, 0.15) is 24.4 Å². The Morgan fingerprint density at radius 3 is 2.65 bits per heavy atom. The van der Waals surface area contributed by atoms with Gasteiger partial charge in [-0.2, -0.15) is 0 Å². The Morgan fingerprint density at radius 2 is 1.92 bits per heavy atom. The van der Waals surface area contributed by atoms with Crippen LogP contribution in [0.5, 0.6) is 0 Å². The summed E-state index contributed by atoms with van der Waals surface area (Å²) >= 11 is 6.12. The number of benzene rings is 1. The number of aromatic nitrogens is 4. The van der Waals surface area contributed by atoms with Gasteiger partial charge in [0, 0.05) is 5.56 Å². The maximum absolute atomic E-state index is 10.2. The first-order valence-electron chi connectivity index (χ1n) is 8.02. The third-order valence-electron chi connectivity index (χ3n) is 4.30. The highest BCUT2D eigenvalue weighted by molar-refractivity contribution is 6.31. The van der Waals surface area contributed by atoms with Crippen molar-refractivity contribution in [3.8, 4) is 11.8 Å².